The fourth-order valence-corrected chi connectivity index (χ4v) is 1.99. The number of carbonyl (C=O) groups excluding carboxylic acids is 1. The first kappa shape index (κ1) is 14.4. The van der Waals surface area contributed by atoms with E-state index in [1.54, 1.807) is 0 Å². The van der Waals surface area contributed by atoms with Gasteiger partial charge in [-0.3, -0.25) is 0 Å². The molecule has 1 aliphatic heterocycles. The van der Waals surface area contributed by atoms with Crippen LogP contribution in [0.2, 0.25) is 0 Å². The van der Waals surface area contributed by atoms with E-state index in [-0.39, 0.29) is 0 Å². The molecule has 1 saturated heterocycles. The summed E-state index contributed by atoms with van der Waals surface area (Å²) >= 11 is 0. The summed E-state index contributed by atoms with van der Waals surface area (Å²) in [6, 6.07) is 0. The summed E-state index contributed by atoms with van der Waals surface area (Å²) in [6.45, 7) is 7.03. The lowest BCUT2D eigenvalue weighted by Gasteiger charge is -2.37. The van der Waals surface area contributed by atoms with E-state index in [1.165, 1.54) is 14.2 Å². The predicted octanol–water partition coefficient (Wildman–Crippen LogP) is 1.37. The van der Waals surface area contributed by atoms with Crippen LogP contribution in [0.5, 0.6) is 0 Å². The highest BCUT2D eigenvalue weighted by atomic mass is 16.7. The van der Waals surface area contributed by atoms with Crippen molar-refractivity contribution in [2.75, 3.05) is 27.3 Å². The van der Waals surface area contributed by atoms with E-state index in [2.05, 4.69) is 0 Å². The molecule has 0 amide bonds. The number of ether oxygens (including phenoxy) is 3. The third-order valence-corrected chi connectivity index (χ3v) is 2.73. The predicted molar refractivity (Wildman–Crippen MR) is 63.4 cm³/mol. The molecule has 1 rings (SSSR count). The Morgan fingerprint density at radius 2 is 1.53 bits per heavy atom. The van der Waals surface area contributed by atoms with Crippen LogP contribution in [-0.4, -0.2) is 49.7 Å². The Bertz CT molecular complexity index is 262. The van der Waals surface area contributed by atoms with Crippen molar-refractivity contribution in [3.05, 3.63) is 0 Å². The molecular formula is C12H23NO4. The zero-order valence-corrected chi connectivity index (χ0v) is 11.4. The molecular weight excluding hydrogens is 222 g/mol. The average molecular weight is 245 g/mol. The van der Waals surface area contributed by atoms with Crippen molar-refractivity contribution < 1.29 is 19.0 Å². The summed E-state index contributed by atoms with van der Waals surface area (Å²) in [4.78, 5) is 14.1. The van der Waals surface area contributed by atoms with Crippen LogP contribution >= 0.6 is 0 Å². The lowest BCUT2D eigenvalue weighted by atomic mass is 10.2. The van der Waals surface area contributed by atoms with Crippen LogP contribution in [0.25, 0.3) is 0 Å². The van der Waals surface area contributed by atoms with E-state index < -0.39 is 17.5 Å². The Morgan fingerprint density at radius 3 is 1.88 bits per heavy atom. The molecule has 0 bridgehead atoms. The zero-order valence-electron chi connectivity index (χ0n) is 11.4. The van der Waals surface area contributed by atoms with Gasteiger partial charge in [0.2, 0.25) is 0 Å². The summed E-state index contributed by atoms with van der Waals surface area (Å²) in [5, 5.41) is 0. The Balaban J connectivity index is 2.86. The third-order valence-electron chi connectivity index (χ3n) is 2.73. The minimum absolute atomic E-state index is 0.489. The van der Waals surface area contributed by atoms with Crippen molar-refractivity contribution in [1.29, 1.82) is 0 Å². The highest BCUT2D eigenvalue weighted by Gasteiger charge is 2.49. The number of hydrogen-bond donors (Lipinski definition) is 0. The SMILES string of the molecule is COC(OC)(C(=O)OC(C)(C)C)N1CCCC1. The fraction of sp³-hybridized carbons (Fsp3) is 0.917. The standard InChI is InChI=1S/C12H23NO4/c1-11(2,3)17-10(14)12(15-4,16-5)13-8-6-7-9-13/h6-9H2,1-5H3. The molecule has 0 aromatic carbocycles. The maximum atomic E-state index is 12.2. The van der Waals surface area contributed by atoms with Crippen molar-refractivity contribution in [3.63, 3.8) is 0 Å². The second kappa shape index (κ2) is 5.33. The summed E-state index contributed by atoms with van der Waals surface area (Å²) in [5.74, 6) is -1.89. The lowest BCUT2D eigenvalue weighted by molar-refractivity contribution is -0.292. The summed E-state index contributed by atoms with van der Waals surface area (Å²) < 4.78 is 16.0. The minimum atomic E-state index is -1.40. The summed E-state index contributed by atoms with van der Waals surface area (Å²) in [7, 11) is 2.93. The van der Waals surface area contributed by atoms with Gasteiger partial charge >= 0.3 is 11.9 Å². The summed E-state index contributed by atoms with van der Waals surface area (Å²) in [5.41, 5.74) is -0.556. The smallest absolute Gasteiger partial charge is 0.384 e. The van der Waals surface area contributed by atoms with Crippen molar-refractivity contribution in [3.8, 4) is 0 Å². The first-order valence-corrected chi connectivity index (χ1v) is 5.94. The van der Waals surface area contributed by atoms with E-state index in [4.69, 9.17) is 14.2 Å². The molecule has 1 heterocycles. The van der Waals surface area contributed by atoms with Crippen LogP contribution in [0.4, 0.5) is 0 Å². The zero-order chi connectivity index (χ0) is 13.1. The Kier molecular flexibility index (Phi) is 4.52. The van der Waals surface area contributed by atoms with Gasteiger partial charge in [0.05, 0.1) is 0 Å². The van der Waals surface area contributed by atoms with Gasteiger partial charge in [0.15, 0.2) is 0 Å². The van der Waals surface area contributed by atoms with Gasteiger partial charge in [0, 0.05) is 27.3 Å². The molecule has 5 nitrogen and oxygen atoms in total. The molecule has 0 aliphatic carbocycles. The monoisotopic (exact) mass is 245 g/mol. The maximum absolute atomic E-state index is 12.2. The number of rotatable bonds is 4. The van der Waals surface area contributed by atoms with E-state index in [0.29, 0.717) is 0 Å². The largest absolute Gasteiger partial charge is 0.455 e. The Hall–Kier alpha value is -0.650. The molecule has 17 heavy (non-hydrogen) atoms. The first-order valence-electron chi connectivity index (χ1n) is 5.94. The molecule has 0 spiro atoms. The van der Waals surface area contributed by atoms with Crippen molar-refractivity contribution in [2.24, 2.45) is 0 Å². The van der Waals surface area contributed by atoms with Gasteiger partial charge in [0.1, 0.15) is 5.60 Å². The van der Waals surface area contributed by atoms with E-state index in [1.807, 2.05) is 25.7 Å². The third kappa shape index (κ3) is 3.18. The van der Waals surface area contributed by atoms with Crippen LogP contribution in [0, 0.1) is 0 Å². The van der Waals surface area contributed by atoms with Crippen molar-refractivity contribution >= 4 is 5.97 Å². The van der Waals surface area contributed by atoms with E-state index in [9.17, 15) is 4.79 Å². The average Bonchev–Trinajstić information content (AvgIpc) is 2.71. The lowest BCUT2D eigenvalue weighted by Crippen LogP contribution is -2.58. The molecule has 5 heteroatoms. The quantitative estimate of drug-likeness (QED) is 0.553. The van der Waals surface area contributed by atoms with Gasteiger partial charge in [0.25, 0.3) is 0 Å². The van der Waals surface area contributed by atoms with Gasteiger partial charge < -0.3 is 14.2 Å². The molecule has 0 unspecified atom stereocenters. The maximum Gasteiger partial charge on any atom is 0.384 e. The summed E-state index contributed by atoms with van der Waals surface area (Å²) in [6.07, 6.45) is 2.08. The minimum Gasteiger partial charge on any atom is -0.455 e. The van der Waals surface area contributed by atoms with Gasteiger partial charge in [-0.05, 0) is 33.6 Å². The highest BCUT2D eigenvalue weighted by molar-refractivity contribution is 5.77. The molecule has 0 aromatic rings. The molecule has 1 aliphatic rings. The van der Waals surface area contributed by atoms with Crippen LogP contribution in [0.3, 0.4) is 0 Å². The number of nitrogens with zero attached hydrogens (tertiary/aromatic N) is 1. The topological polar surface area (TPSA) is 48.0 Å². The number of carbonyl (C=O) groups is 1. The van der Waals surface area contributed by atoms with Crippen molar-refractivity contribution in [1.82, 2.24) is 4.90 Å². The van der Waals surface area contributed by atoms with Gasteiger partial charge in [-0.15, -0.1) is 0 Å². The van der Waals surface area contributed by atoms with Crippen LogP contribution < -0.4 is 0 Å². The Morgan fingerprint density at radius 1 is 1.06 bits per heavy atom. The molecule has 1 fully saturated rings. The van der Waals surface area contributed by atoms with Crippen LogP contribution in [0.1, 0.15) is 33.6 Å². The number of esters is 1. The number of likely N-dealkylation sites (tertiary alicyclic amines) is 1. The Labute approximate surface area is 103 Å². The molecule has 0 saturated carbocycles. The van der Waals surface area contributed by atoms with Crippen LogP contribution in [0.15, 0.2) is 0 Å². The molecule has 100 valence electrons. The molecule has 0 aromatic heterocycles. The molecule has 0 N–H and O–H groups in total. The fourth-order valence-electron chi connectivity index (χ4n) is 1.99. The molecule has 0 radical (unpaired) electrons. The number of hydrogen-bond acceptors (Lipinski definition) is 5. The van der Waals surface area contributed by atoms with Gasteiger partial charge in [-0.2, -0.15) is 0 Å². The van der Waals surface area contributed by atoms with E-state index in [0.717, 1.165) is 25.9 Å². The van der Waals surface area contributed by atoms with Crippen molar-refractivity contribution in [2.45, 2.75) is 45.1 Å². The van der Waals surface area contributed by atoms with Gasteiger partial charge in [-0.25, -0.2) is 9.69 Å². The van der Waals surface area contributed by atoms with Gasteiger partial charge in [-0.1, -0.05) is 0 Å². The van der Waals surface area contributed by atoms with Crippen LogP contribution in [-0.2, 0) is 19.0 Å². The number of methoxy groups -OCH3 is 2. The second-order valence-electron chi connectivity index (χ2n) is 5.19. The second-order valence-corrected chi connectivity index (χ2v) is 5.19. The molecule has 0 atom stereocenters. The normalized spacial score (nSPS) is 18.4. The highest BCUT2D eigenvalue weighted by Crippen LogP contribution is 2.26. The van der Waals surface area contributed by atoms with E-state index >= 15 is 0 Å². The first-order chi connectivity index (χ1) is 7.85.